The van der Waals surface area contributed by atoms with Gasteiger partial charge in [0.1, 0.15) is 0 Å². The summed E-state index contributed by atoms with van der Waals surface area (Å²) in [6, 6.07) is 0. The second-order valence-corrected chi connectivity index (χ2v) is 5.76. The van der Waals surface area contributed by atoms with Crippen LogP contribution in [0.15, 0.2) is 0 Å². The minimum absolute atomic E-state index is 0.108. The van der Waals surface area contributed by atoms with Crippen molar-refractivity contribution in [2.75, 3.05) is 33.4 Å². The maximum absolute atomic E-state index is 10.3. The van der Waals surface area contributed by atoms with Gasteiger partial charge in [-0.15, -0.1) is 0 Å². The Morgan fingerprint density at radius 3 is 2.94 bits per heavy atom. The van der Waals surface area contributed by atoms with Crippen molar-refractivity contribution in [1.29, 1.82) is 0 Å². The molecule has 1 aliphatic carbocycles. The Balaban J connectivity index is 1.74. The van der Waals surface area contributed by atoms with Crippen LogP contribution in [0.3, 0.4) is 0 Å². The van der Waals surface area contributed by atoms with Gasteiger partial charge in [0.2, 0.25) is 0 Å². The molecule has 0 aromatic rings. The van der Waals surface area contributed by atoms with Gasteiger partial charge in [0.05, 0.1) is 18.3 Å². The van der Waals surface area contributed by atoms with Gasteiger partial charge >= 0.3 is 0 Å². The topological polar surface area (TPSA) is 50.7 Å². The molecule has 4 heteroatoms. The molecule has 0 aromatic heterocycles. The van der Waals surface area contributed by atoms with E-state index in [-0.39, 0.29) is 11.7 Å². The Labute approximate surface area is 110 Å². The first-order chi connectivity index (χ1) is 8.76. The average Bonchev–Trinajstić information content (AvgIpc) is 2.82. The number of nitrogens with one attached hydrogen (secondary N) is 1. The van der Waals surface area contributed by atoms with E-state index in [1.807, 2.05) is 0 Å². The highest BCUT2D eigenvalue weighted by atomic mass is 16.5. The van der Waals surface area contributed by atoms with Crippen LogP contribution < -0.4 is 5.32 Å². The quantitative estimate of drug-likeness (QED) is 0.705. The highest BCUT2D eigenvalue weighted by Gasteiger charge is 2.41. The summed E-state index contributed by atoms with van der Waals surface area (Å²) in [5.74, 6) is 0.395. The summed E-state index contributed by atoms with van der Waals surface area (Å²) in [5, 5.41) is 13.5. The summed E-state index contributed by atoms with van der Waals surface area (Å²) in [6.07, 6.45) is 6.74. The van der Waals surface area contributed by atoms with Crippen molar-refractivity contribution in [3.63, 3.8) is 0 Å². The Morgan fingerprint density at radius 1 is 1.44 bits per heavy atom. The van der Waals surface area contributed by atoms with Gasteiger partial charge in [-0.2, -0.15) is 0 Å². The monoisotopic (exact) mass is 257 g/mol. The molecule has 0 amide bonds. The van der Waals surface area contributed by atoms with E-state index >= 15 is 0 Å². The number of hydrogen-bond donors (Lipinski definition) is 2. The molecule has 1 saturated heterocycles. The molecule has 1 heterocycles. The molecule has 0 aromatic carbocycles. The fourth-order valence-corrected chi connectivity index (χ4v) is 3.35. The van der Waals surface area contributed by atoms with Crippen molar-refractivity contribution in [1.82, 2.24) is 5.32 Å². The molecule has 2 rings (SSSR count). The Hall–Kier alpha value is -0.160. The normalized spacial score (nSPS) is 28.7. The summed E-state index contributed by atoms with van der Waals surface area (Å²) >= 11 is 0. The molecule has 0 radical (unpaired) electrons. The van der Waals surface area contributed by atoms with E-state index in [0.29, 0.717) is 19.1 Å². The minimum atomic E-state index is -0.247. The third kappa shape index (κ3) is 3.67. The van der Waals surface area contributed by atoms with Gasteiger partial charge in [-0.3, -0.25) is 0 Å². The lowest BCUT2D eigenvalue weighted by Gasteiger charge is -2.40. The highest BCUT2D eigenvalue weighted by Crippen LogP contribution is 2.42. The van der Waals surface area contributed by atoms with Gasteiger partial charge in [0.15, 0.2) is 0 Å². The first-order valence-corrected chi connectivity index (χ1v) is 7.27. The summed E-state index contributed by atoms with van der Waals surface area (Å²) < 4.78 is 11.0. The second kappa shape index (κ2) is 6.85. The number of ether oxygens (including phenoxy) is 2. The average molecular weight is 257 g/mol. The predicted molar refractivity (Wildman–Crippen MR) is 70.6 cm³/mol. The molecule has 2 atom stereocenters. The zero-order valence-electron chi connectivity index (χ0n) is 11.5. The van der Waals surface area contributed by atoms with Crippen molar-refractivity contribution in [2.24, 2.45) is 5.92 Å². The standard InChI is InChI=1S/C14H27NO3/c1-17-9-7-15-11-13(16)12-4-8-18-14(10-12)5-2-3-6-14/h12-13,15-16H,2-11H2,1H3. The van der Waals surface area contributed by atoms with E-state index in [2.05, 4.69) is 5.32 Å². The van der Waals surface area contributed by atoms with Crippen molar-refractivity contribution in [2.45, 2.75) is 50.2 Å². The van der Waals surface area contributed by atoms with Crippen molar-refractivity contribution in [3.05, 3.63) is 0 Å². The summed E-state index contributed by atoms with van der Waals surface area (Å²) in [6.45, 7) is 3.00. The summed E-state index contributed by atoms with van der Waals surface area (Å²) in [7, 11) is 1.69. The van der Waals surface area contributed by atoms with Gasteiger partial charge in [-0.05, 0) is 31.6 Å². The number of aliphatic hydroxyl groups excluding tert-OH is 1. The van der Waals surface area contributed by atoms with Crippen LogP contribution in [0.25, 0.3) is 0 Å². The molecule has 2 unspecified atom stereocenters. The molecule has 2 fully saturated rings. The fourth-order valence-electron chi connectivity index (χ4n) is 3.35. The molecule has 1 aliphatic heterocycles. The van der Waals surface area contributed by atoms with E-state index in [1.54, 1.807) is 7.11 Å². The van der Waals surface area contributed by atoms with Crippen LogP contribution in [0.1, 0.15) is 38.5 Å². The van der Waals surface area contributed by atoms with Crippen molar-refractivity contribution >= 4 is 0 Å². The minimum Gasteiger partial charge on any atom is -0.392 e. The van der Waals surface area contributed by atoms with Gasteiger partial charge in [-0.25, -0.2) is 0 Å². The number of methoxy groups -OCH3 is 1. The van der Waals surface area contributed by atoms with Gasteiger partial charge in [0.25, 0.3) is 0 Å². The largest absolute Gasteiger partial charge is 0.392 e. The van der Waals surface area contributed by atoms with Gasteiger partial charge < -0.3 is 19.9 Å². The zero-order valence-corrected chi connectivity index (χ0v) is 11.5. The van der Waals surface area contributed by atoms with E-state index in [1.165, 1.54) is 25.7 Å². The Morgan fingerprint density at radius 2 is 2.22 bits per heavy atom. The molecular weight excluding hydrogens is 230 g/mol. The summed E-state index contributed by atoms with van der Waals surface area (Å²) in [4.78, 5) is 0. The van der Waals surface area contributed by atoms with Crippen LogP contribution in [0.5, 0.6) is 0 Å². The van der Waals surface area contributed by atoms with E-state index in [4.69, 9.17) is 9.47 Å². The number of aliphatic hydroxyl groups is 1. The third-order valence-corrected chi connectivity index (χ3v) is 4.43. The lowest BCUT2D eigenvalue weighted by molar-refractivity contribution is -0.112. The van der Waals surface area contributed by atoms with E-state index in [0.717, 1.165) is 26.0 Å². The predicted octanol–water partition coefficient (Wildman–Crippen LogP) is 1.32. The first kappa shape index (κ1) is 14.3. The van der Waals surface area contributed by atoms with Crippen LogP contribution in [0, 0.1) is 5.92 Å². The van der Waals surface area contributed by atoms with Crippen LogP contribution in [-0.4, -0.2) is 50.2 Å². The Kier molecular flexibility index (Phi) is 5.42. The molecule has 1 spiro atoms. The first-order valence-electron chi connectivity index (χ1n) is 7.27. The lowest BCUT2D eigenvalue weighted by Crippen LogP contribution is -2.44. The van der Waals surface area contributed by atoms with Gasteiger partial charge in [0, 0.05) is 26.8 Å². The van der Waals surface area contributed by atoms with Gasteiger partial charge in [-0.1, -0.05) is 12.8 Å². The SMILES string of the molecule is COCCNCC(O)C1CCOC2(CCCC2)C1. The lowest BCUT2D eigenvalue weighted by atomic mass is 9.81. The summed E-state index contributed by atoms with van der Waals surface area (Å²) in [5.41, 5.74) is 0.108. The second-order valence-electron chi connectivity index (χ2n) is 5.76. The molecule has 2 aliphatic rings. The van der Waals surface area contributed by atoms with Crippen LogP contribution in [0.4, 0.5) is 0 Å². The number of rotatable bonds is 6. The van der Waals surface area contributed by atoms with E-state index < -0.39 is 0 Å². The molecule has 0 bridgehead atoms. The maximum atomic E-state index is 10.3. The Bertz CT molecular complexity index is 241. The molecule has 1 saturated carbocycles. The van der Waals surface area contributed by atoms with E-state index in [9.17, 15) is 5.11 Å². The fraction of sp³-hybridized carbons (Fsp3) is 1.00. The van der Waals surface area contributed by atoms with Crippen LogP contribution >= 0.6 is 0 Å². The van der Waals surface area contributed by atoms with Crippen molar-refractivity contribution < 1.29 is 14.6 Å². The molecule has 18 heavy (non-hydrogen) atoms. The maximum Gasteiger partial charge on any atom is 0.0694 e. The molecule has 2 N–H and O–H groups in total. The smallest absolute Gasteiger partial charge is 0.0694 e. The van der Waals surface area contributed by atoms with Crippen molar-refractivity contribution in [3.8, 4) is 0 Å². The molecular formula is C14H27NO3. The zero-order chi connectivity index (χ0) is 12.8. The number of hydrogen-bond acceptors (Lipinski definition) is 4. The highest BCUT2D eigenvalue weighted by molar-refractivity contribution is 4.93. The van der Waals surface area contributed by atoms with Crippen LogP contribution in [0.2, 0.25) is 0 Å². The van der Waals surface area contributed by atoms with Crippen LogP contribution in [-0.2, 0) is 9.47 Å². The third-order valence-electron chi connectivity index (χ3n) is 4.43. The molecule has 4 nitrogen and oxygen atoms in total. The molecule has 106 valence electrons.